The van der Waals surface area contributed by atoms with Crippen molar-refractivity contribution in [1.82, 2.24) is 15.5 Å². The van der Waals surface area contributed by atoms with Crippen molar-refractivity contribution in [2.45, 2.75) is 46.1 Å². The molecule has 1 atom stereocenters. The fraction of sp³-hybridized carbons (Fsp3) is 0.619. The van der Waals surface area contributed by atoms with Gasteiger partial charge in [0.15, 0.2) is 17.5 Å². The van der Waals surface area contributed by atoms with Crippen LogP contribution in [-0.4, -0.2) is 62.7 Å². The molecule has 0 aromatic heterocycles. The largest absolute Gasteiger partial charge is 0.490 e. The molecule has 1 unspecified atom stereocenters. The van der Waals surface area contributed by atoms with Gasteiger partial charge in [-0.1, -0.05) is 13.0 Å². The quantitative estimate of drug-likeness (QED) is 0.499. The molecule has 0 spiro atoms. The van der Waals surface area contributed by atoms with Crippen molar-refractivity contribution in [3.05, 3.63) is 23.8 Å². The highest BCUT2D eigenvalue weighted by molar-refractivity contribution is 5.80. The van der Waals surface area contributed by atoms with E-state index in [0.29, 0.717) is 19.6 Å². The molecular weight excluding hydrogens is 356 g/mol. The zero-order valence-electron chi connectivity index (χ0n) is 17.6. The second-order valence-electron chi connectivity index (χ2n) is 6.72. The Labute approximate surface area is 168 Å². The Balaban J connectivity index is 1.82. The van der Waals surface area contributed by atoms with E-state index in [1.165, 1.54) is 5.56 Å². The Bertz CT molecular complexity index is 663. The van der Waals surface area contributed by atoms with Crippen LogP contribution in [0, 0.1) is 0 Å². The number of carbonyl (C=O) groups excluding carboxylic acids is 1. The minimum Gasteiger partial charge on any atom is -0.490 e. The van der Waals surface area contributed by atoms with Crippen LogP contribution in [0.3, 0.4) is 0 Å². The highest BCUT2D eigenvalue weighted by Crippen LogP contribution is 2.28. The van der Waals surface area contributed by atoms with E-state index in [1.807, 2.05) is 37.8 Å². The molecule has 7 nitrogen and oxygen atoms in total. The third-order valence-corrected chi connectivity index (χ3v) is 4.72. The number of aliphatic imine (C=N–C) groups is 1. The maximum atomic E-state index is 11.8. The molecule has 2 rings (SSSR count). The van der Waals surface area contributed by atoms with Gasteiger partial charge in [0.05, 0.1) is 13.2 Å². The molecule has 1 amide bonds. The van der Waals surface area contributed by atoms with E-state index in [1.54, 1.807) is 7.05 Å². The third kappa shape index (κ3) is 6.32. The molecule has 7 heteroatoms. The minimum atomic E-state index is 0.216. The Morgan fingerprint density at radius 3 is 2.64 bits per heavy atom. The summed E-state index contributed by atoms with van der Waals surface area (Å²) in [4.78, 5) is 18.0. The van der Waals surface area contributed by atoms with Gasteiger partial charge in [-0.15, -0.1) is 0 Å². The molecule has 1 heterocycles. The number of nitrogens with one attached hydrogen (secondary N) is 2. The monoisotopic (exact) mass is 390 g/mol. The first-order valence-corrected chi connectivity index (χ1v) is 10.2. The van der Waals surface area contributed by atoms with Gasteiger partial charge in [0.25, 0.3) is 0 Å². The summed E-state index contributed by atoms with van der Waals surface area (Å²) >= 11 is 0. The lowest BCUT2D eigenvalue weighted by Gasteiger charge is -2.19. The summed E-state index contributed by atoms with van der Waals surface area (Å²) < 4.78 is 11.3. The Morgan fingerprint density at radius 2 is 1.96 bits per heavy atom. The van der Waals surface area contributed by atoms with Gasteiger partial charge in [-0.3, -0.25) is 9.79 Å². The smallest absolute Gasteiger partial charge is 0.222 e. The standard InChI is InChI=1S/C21H34N4O3/c1-5-20(26)25-13-11-17(15-25)24-21(22-4)23-12-10-16-8-9-18(27-6-2)19(14-16)28-7-3/h8-9,14,17H,5-7,10-13,15H2,1-4H3,(H2,22,23,24). The van der Waals surface area contributed by atoms with Gasteiger partial charge in [-0.05, 0) is 44.4 Å². The first-order chi connectivity index (χ1) is 13.6. The van der Waals surface area contributed by atoms with E-state index in [9.17, 15) is 4.79 Å². The number of hydrogen-bond donors (Lipinski definition) is 2. The van der Waals surface area contributed by atoms with E-state index < -0.39 is 0 Å². The highest BCUT2D eigenvalue weighted by atomic mass is 16.5. The Morgan fingerprint density at radius 1 is 1.21 bits per heavy atom. The van der Waals surface area contributed by atoms with Crippen LogP contribution in [0.1, 0.15) is 39.2 Å². The fourth-order valence-corrected chi connectivity index (χ4v) is 3.29. The van der Waals surface area contributed by atoms with E-state index in [0.717, 1.165) is 49.9 Å². The van der Waals surface area contributed by atoms with E-state index in [-0.39, 0.29) is 11.9 Å². The SMILES string of the molecule is CCOc1ccc(CCNC(=NC)NC2CCN(C(=O)CC)C2)cc1OCC. The summed E-state index contributed by atoms with van der Waals surface area (Å²) in [5.41, 5.74) is 1.18. The van der Waals surface area contributed by atoms with E-state index >= 15 is 0 Å². The van der Waals surface area contributed by atoms with E-state index in [2.05, 4.69) is 21.7 Å². The Hall–Kier alpha value is -2.44. The number of likely N-dealkylation sites (tertiary alicyclic amines) is 1. The lowest BCUT2D eigenvalue weighted by Crippen LogP contribution is -2.45. The fourth-order valence-electron chi connectivity index (χ4n) is 3.29. The maximum Gasteiger partial charge on any atom is 0.222 e. The first kappa shape index (κ1) is 21.9. The number of amides is 1. The third-order valence-electron chi connectivity index (χ3n) is 4.72. The van der Waals surface area contributed by atoms with Crippen molar-refractivity contribution >= 4 is 11.9 Å². The predicted octanol–water partition coefficient (Wildman–Crippen LogP) is 2.20. The molecule has 1 aliphatic rings. The molecule has 1 saturated heterocycles. The summed E-state index contributed by atoms with van der Waals surface area (Å²) in [7, 11) is 1.77. The van der Waals surface area contributed by atoms with Gasteiger partial charge >= 0.3 is 0 Å². The van der Waals surface area contributed by atoms with Crippen molar-refractivity contribution < 1.29 is 14.3 Å². The summed E-state index contributed by atoms with van der Waals surface area (Å²) in [5.74, 6) is 2.56. The van der Waals surface area contributed by atoms with Crippen LogP contribution in [-0.2, 0) is 11.2 Å². The van der Waals surface area contributed by atoms with Gasteiger partial charge < -0.3 is 25.0 Å². The second-order valence-corrected chi connectivity index (χ2v) is 6.72. The van der Waals surface area contributed by atoms with Crippen LogP contribution in [0.15, 0.2) is 23.2 Å². The lowest BCUT2D eigenvalue weighted by atomic mass is 10.1. The molecule has 28 heavy (non-hydrogen) atoms. The minimum absolute atomic E-state index is 0.216. The van der Waals surface area contributed by atoms with Gasteiger partial charge in [0.1, 0.15) is 0 Å². The van der Waals surface area contributed by atoms with Gasteiger partial charge in [0.2, 0.25) is 5.91 Å². The first-order valence-electron chi connectivity index (χ1n) is 10.2. The number of ether oxygens (including phenoxy) is 2. The normalized spacial score (nSPS) is 16.8. The van der Waals surface area contributed by atoms with Gasteiger partial charge in [-0.2, -0.15) is 0 Å². The van der Waals surface area contributed by atoms with Crippen molar-refractivity contribution in [2.24, 2.45) is 4.99 Å². The van der Waals surface area contributed by atoms with Crippen molar-refractivity contribution in [1.29, 1.82) is 0 Å². The van der Waals surface area contributed by atoms with Crippen LogP contribution in [0.5, 0.6) is 11.5 Å². The van der Waals surface area contributed by atoms with Crippen LogP contribution >= 0.6 is 0 Å². The molecule has 156 valence electrons. The van der Waals surface area contributed by atoms with Gasteiger partial charge in [-0.25, -0.2) is 0 Å². The van der Waals surface area contributed by atoms with Crippen LogP contribution in [0.25, 0.3) is 0 Å². The number of carbonyl (C=O) groups is 1. The van der Waals surface area contributed by atoms with Crippen molar-refractivity contribution in [3.63, 3.8) is 0 Å². The molecule has 2 N–H and O–H groups in total. The molecule has 1 aromatic rings. The molecule has 0 radical (unpaired) electrons. The van der Waals surface area contributed by atoms with E-state index in [4.69, 9.17) is 9.47 Å². The summed E-state index contributed by atoms with van der Waals surface area (Å²) in [6, 6.07) is 6.32. The summed E-state index contributed by atoms with van der Waals surface area (Å²) in [6.07, 6.45) is 2.35. The molecule has 1 fully saturated rings. The lowest BCUT2D eigenvalue weighted by molar-refractivity contribution is -0.129. The number of nitrogens with zero attached hydrogens (tertiary/aromatic N) is 2. The van der Waals surface area contributed by atoms with Crippen LogP contribution < -0.4 is 20.1 Å². The zero-order chi connectivity index (χ0) is 20.4. The second kappa shape index (κ2) is 11.4. The predicted molar refractivity (Wildman–Crippen MR) is 112 cm³/mol. The molecule has 1 aromatic carbocycles. The van der Waals surface area contributed by atoms with Crippen LogP contribution in [0.2, 0.25) is 0 Å². The summed E-state index contributed by atoms with van der Waals surface area (Å²) in [5, 5.41) is 6.78. The number of guanidine groups is 1. The molecule has 0 bridgehead atoms. The molecule has 0 aliphatic carbocycles. The summed E-state index contributed by atoms with van der Waals surface area (Å²) in [6.45, 7) is 9.37. The highest BCUT2D eigenvalue weighted by Gasteiger charge is 2.25. The molecule has 1 aliphatic heterocycles. The molecule has 0 saturated carbocycles. The average Bonchev–Trinajstić information content (AvgIpc) is 3.17. The van der Waals surface area contributed by atoms with Crippen LogP contribution in [0.4, 0.5) is 0 Å². The van der Waals surface area contributed by atoms with Gasteiger partial charge in [0, 0.05) is 39.1 Å². The molecular formula is C21H34N4O3. The van der Waals surface area contributed by atoms with Crippen molar-refractivity contribution in [2.75, 3.05) is 39.9 Å². The van der Waals surface area contributed by atoms with Crippen molar-refractivity contribution in [3.8, 4) is 11.5 Å². The Kier molecular flexibility index (Phi) is 8.91. The number of benzene rings is 1. The topological polar surface area (TPSA) is 75.2 Å². The number of hydrogen-bond acceptors (Lipinski definition) is 4. The average molecular weight is 391 g/mol. The number of rotatable bonds is 9. The zero-order valence-corrected chi connectivity index (χ0v) is 17.6. The maximum absolute atomic E-state index is 11.8.